The summed E-state index contributed by atoms with van der Waals surface area (Å²) in [5.74, 6) is 0.334. The lowest BCUT2D eigenvalue weighted by Crippen LogP contribution is -2.41. The van der Waals surface area contributed by atoms with E-state index in [1.807, 2.05) is 6.07 Å². The molecule has 7 nitrogen and oxygen atoms in total. The monoisotopic (exact) mass is 490 g/mol. The van der Waals surface area contributed by atoms with Gasteiger partial charge in [0.05, 0.1) is 19.8 Å². The molecular weight excluding hydrogens is 452 g/mol. The Hall–Kier alpha value is -3.00. The molecule has 1 aliphatic rings. The SMILES string of the molecule is CC(C)(C)c1ccc(CN(Cc2ccccc2)Cc2nc(C(=O)NCCN3CCOCC3)co2)cc1. The summed E-state index contributed by atoms with van der Waals surface area (Å²) in [6, 6.07) is 19.2. The van der Waals surface area contributed by atoms with Gasteiger partial charge in [-0.3, -0.25) is 14.6 Å². The van der Waals surface area contributed by atoms with Crippen LogP contribution in [0.2, 0.25) is 0 Å². The fraction of sp³-hybridized carbons (Fsp3) is 0.448. The van der Waals surface area contributed by atoms with Crippen molar-refractivity contribution >= 4 is 5.91 Å². The van der Waals surface area contributed by atoms with E-state index in [-0.39, 0.29) is 11.3 Å². The summed E-state index contributed by atoms with van der Waals surface area (Å²) in [6.45, 7) is 13.4. The molecule has 1 aliphatic heterocycles. The number of nitrogens with zero attached hydrogens (tertiary/aromatic N) is 3. The summed E-state index contributed by atoms with van der Waals surface area (Å²) in [5.41, 5.74) is 4.21. The molecule has 2 aromatic carbocycles. The Labute approximate surface area is 214 Å². The highest BCUT2D eigenvalue weighted by Crippen LogP contribution is 2.23. The Morgan fingerprint density at radius 2 is 1.64 bits per heavy atom. The second-order valence-corrected chi connectivity index (χ2v) is 10.4. The van der Waals surface area contributed by atoms with Crippen LogP contribution >= 0.6 is 0 Å². The van der Waals surface area contributed by atoms with E-state index in [0.29, 0.717) is 24.7 Å². The van der Waals surface area contributed by atoms with Gasteiger partial charge in [-0.1, -0.05) is 75.4 Å². The molecule has 7 heteroatoms. The fourth-order valence-corrected chi connectivity index (χ4v) is 4.30. The van der Waals surface area contributed by atoms with Crippen LogP contribution in [0.3, 0.4) is 0 Å². The highest BCUT2D eigenvalue weighted by Gasteiger charge is 2.18. The van der Waals surface area contributed by atoms with E-state index in [1.165, 1.54) is 23.0 Å². The second-order valence-electron chi connectivity index (χ2n) is 10.4. The topological polar surface area (TPSA) is 70.8 Å². The molecule has 0 bridgehead atoms. The molecule has 0 saturated carbocycles. The second kappa shape index (κ2) is 12.3. The number of nitrogens with one attached hydrogen (secondary N) is 1. The zero-order chi connectivity index (χ0) is 25.4. The Kier molecular flexibility index (Phi) is 8.91. The third kappa shape index (κ3) is 7.75. The van der Waals surface area contributed by atoms with Gasteiger partial charge in [-0.2, -0.15) is 0 Å². The molecule has 1 saturated heterocycles. The van der Waals surface area contributed by atoms with Crippen molar-refractivity contribution in [2.24, 2.45) is 0 Å². The van der Waals surface area contributed by atoms with Crippen LogP contribution in [-0.2, 0) is 29.8 Å². The van der Waals surface area contributed by atoms with Crippen molar-refractivity contribution in [3.8, 4) is 0 Å². The van der Waals surface area contributed by atoms with Crippen molar-refractivity contribution < 1.29 is 13.9 Å². The van der Waals surface area contributed by atoms with Crippen LogP contribution in [-0.4, -0.2) is 60.1 Å². The van der Waals surface area contributed by atoms with E-state index in [4.69, 9.17) is 9.15 Å². The zero-order valence-corrected chi connectivity index (χ0v) is 21.7. The number of hydrogen-bond donors (Lipinski definition) is 1. The summed E-state index contributed by atoms with van der Waals surface area (Å²) >= 11 is 0. The highest BCUT2D eigenvalue weighted by molar-refractivity contribution is 5.91. The maximum atomic E-state index is 12.6. The molecule has 1 fully saturated rings. The average Bonchev–Trinajstić information content (AvgIpc) is 3.34. The lowest BCUT2D eigenvalue weighted by atomic mass is 9.87. The standard InChI is InChI=1S/C29H38N4O3/c1-29(2,3)25-11-9-24(10-12-25)20-33(19-23-7-5-4-6-8-23)21-27-31-26(22-36-27)28(34)30-13-14-32-15-17-35-18-16-32/h4-12,22H,13-21H2,1-3H3,(H,30,34). The third-order valence-corrected chi connectivity index (χ3v) is 6.44. The normalized spacial score (nSPS) is 14.8. The molecule has 0 spiro atoms. The van der Waals surface area contributed by atoms with Crippen molar-refractivity contribution in [2.45, 2.75) is 45.8 Å². The van der Waals surface area contributed by atoms with E-state index in [0.717, 1.165) is 45.9 Å². The van der Waals surface area contributed by atoms with Gasteiger partial charge in [-0.25, -0.2) is 4.98 Å². The molecule has 1 aromatic heterocycles. The van der Waals surface area contributed by atoms with E-state index >= 15 is 0 Å². The van der Waals surface area contributed by atoms with Gasteiger partial charge in [0.2, 0.25) is 5.89 Å². The summed E-state index contributed by atoms with van der Waals surface area (Å²) in [6.07, 6.45) is 1.46. The summed E-state index contributed by atoms with van der Waals surface area (Å²) in [4.78, 5) is 21.7. The average molecular weight is 491 g/mol. The van der Waals surface area contributed by atoms with Crippen molar-refractivity contribution in [1.29, 1.82) is 0 Å². The number of rotatable bonds is 10. The van der Waals surface area contributed by atoms with Gasteiger partial charge >= 0.3 is 0 Å². The van der Waals surface area contributed by atoms with Crippen molar-refractivity contribution in [2.75, 3.05) is 39.4 Å². The molecular formula is C29H38N4O3. The molecule has 0 aliphatic carbocycles. The lowest BCUT2D eigenvalue weighted by Gasteiger charge is -2.26. The maximum absolute atomic E-state index is 12.6. The predicted octanol–water partition coefficient (Wildman–Crippen LogP) is 4.24. The summed E-state index contributed by atoms with van der Waals surface area (Å²) in [5, 5.41) is 2.95. The number of aromatic nitrogens is 1. The van der Waals surface area contributed by atoms with E-state index in [9.17, 15) is 4.79 Å². The molecule has 3 aromatic rings. The number of ether oxygens (including phenoxy) is 1. The van der Waals surface area contributed by atoms with Gasteiger partial charge in [-0.15, -0.1) is 0 Å². The Morgan fingerprint density at radius 1 is 0.972 bits per heavy atom. The van der Waals surface area contributed by atoms with E-state index < -0.39 is 0 Å². The number of carbonyl (C=O) groups is 1. The zero-order valence-electron chi connectivity index (χ0n) is 21.7. The van der Waals surface area contributed by atoms with Crippen LogP contribution in [0.25, 0.3) is 0 Å². The predicted molar refractivity (Wildman–Crippen MR) is 141 cm³/mol. The number of amides is 1. The molecule has 0 radical (unpaired) electrons. The van der Waals surface area contributed by atoms with Crippen molar-refractivity contribution in [3.05, 3.63) is 89.1 Å². The number of benzene rings is 2. The smallest absolute Gasteiger partial charge is 0.273 e. The van der Waals surface area contributed by atoms with Crippen LogP contribution in [0.15, 0.2) is 65.3 Å². The number of oxazole rings is 1. The molecule has 192 valence electrons. The van der Waals surface area contributed by atoms with Gasteiger partial charge in [-0.05, 0) is 22.1 Å². The summed E-state index contributed by atoms with van der Waals surface area (Å²) < 4.78 is 11.1. The van der Waals surface area contributed by atoms with E-state index in [1.54, 1.807) is 0 Å². The quantitative estimate of drug-likeness (QED) is 0.459. The number of hydrogen-bond acceptors (Lipinski definition) is 6. The van der Waals surface area contributed by atoms with Crippen LogP contribution < -0.4 is 5.32 Å². The molecule has 0 atom stereocenters. The lowest BCUT2D eigenvalue weighted by molar-refractivity contribution is 0.0383. The highest BCUT2D eigenvalue weighted by atomic mass is 16.5. The van der Waals surface area contributed by atoms with Crippen molar-refractivity contribution in [3.63, 3.8) is 0 Å². The molecule has 36 heavy (non-hydrogen) atoms. The molecule has 1 amide bonds. The first-order valence-electron chi connectivity index (χ1n) is 12.8. The first kappa shape index (κ1) is 26.1. The van der Waals surface area contributed by atoms with Gasteiger partial charge in [0, 0.05) is 39.3 Å². The largest absolute Gasteiger partial charge is 0.447 e. The first-order chi connectivity index (χ1) is 17.4. The molecule has 4 rings (SSSR count). The third-order valence-electron chi connectivity index (χ3n) is 6.44. The summed E-state index contributed by atoms with van der Waals surface area (Å²) in [7, 11) is 0. The van der Waals surface area contributed by atoms with Crippen LogP contribution in [0.4, 0.5) is 0 Å². The molecule has 0 unspecified atom stereocenters. The Balaban J connectivity index is 1.37. The molecule has 1 N–H and O–H groups in total. The number of carbonyl (C=O) groups excluding carboxylic acids is 1. The minimum absolute atomic E-state index is 0.125. The van der Waals surface area contributed by atoms with Crippen LogP contribution in [0.5, 0.6) is 0 Å². The minimum Gasteiger partial charge on any atom is -0.447 e. The van der Waals surface area contributed by atoms with E-state index in [2.05, 4.69) is 89.4 Å². The maximum Gasteiger partial charge on any atom is 0.273 e. The molecule has 2 heterocycles. The van der Waals surface area contributed by atoms with Gasteiger partial charge in [0.1, 0.15) is 6.26 Å². The Bertz CT molecular complexity index is 1080. The van der Waals surface area contributed by atoms with Crippen molar-refractivity contribution in [1.82, 2.24) is 20.1 Å². The fourth-order valence-electron chi connectivity index (χ4n) is 4.30. The number of morpholine rings is 1. The minimum atomic E-state index is -0.203. The van der Waals surface area contributed by atoms with Crippen LogP contribution in [0, 0.1) is 0 Å². The Morgan fingerprint density at radius 3 is 2.31 bits per heavy atom. The van der Waals surface area contributed by atoms with Crippen LogP contribution in [0.1, 0.15) is 53.8 Å². The van der Waals surface area contributed by atoms with Gasteiger partial charge < -0.3 is 14.5 Å². The first-order valence-corrected chi connectivity index (χ1v) is 12.8. The van der Waals surface area contributed by atoms with Gasteiger partial charge in [0.25, 0.3) is 5.91 Å². The van der Waals surface area contributed by atoms with Gasteiger partial charge in [0.15, 0.2) is 5.69 Å².